The molecule has 2 rings (SSSR count). The Morgan fingerprint density at radius 1 is 1.08 bits per heavy atom. The number of carbonyl (C=O) groups excluding carboxylic acids is 2. The van der Waals surface area contributed by atoms with Crippen LogP contribution in [0.15, 0.2) is 42.5 Å². The largest absolute Gasteiger partial charge is 0.489 e. The van der Waals surface area contributed by atoms with E-state index in [0.29, 0.717) is 11.4 Å². The van der Waals surface area contributed by atoms with Gasteiger partial charge in [-0.15, -0.1) is 0 Å². The third kappa shape index (κ3) is 4.85. The fourth-order valence-corrected chi connectivity index (χ4v) is 2.65. The number of rotatable bonds is 6. The van der Waals surface area contributed by atoms with Crippen molar-refractivity contribution in [1.82, 2.24) is 0 Å². The molecule has 5 nitrogen and oxygen atoms in total. The molecule has 2 aromatic carbocycles. The second kappa shape index (κ2) is 8.52. The number of hydrogen-bond acceptors (Lipinski definition) is 3. The van der Waals surface area contributed by atoms with Crippen LogP contribution < -0.4 is 15.0 Å². The summed E-state index contributed by atoms with van der Waals surface area (Å²) in [4.78, 5) is 26.2. The number of nitrogens with one attached hydrogen (secondary N) is 1. The molecule has 0 aliphatic heterocycles. The first-order valence-corrected chi connectivity index (χ1v) is 8.69. The van der Waals surface area contributed by atoms with Gasteiger partial charge in [0.1, 0.15) is 12.3 Å². The van der Waals surface area contributed by atoms with Gasteiger partial charge >= 0.3 is 0 Å². The summed E-state index contributed by atoms with van der Waals surface area (Å²) in [7, 11) is 0. The summed E-state index contributed by atoms with van der Waals surface area (Å²) in [6.07, 6.45) is -0.00304. The molecule has 138 valence electrons. The van der Waals surface area contributed by atoms with Crippen molar-refractivity contribution in [3.63, 3.8) is 0 Å². The van der Waals surface area contributed by atoms with Crippen molar-refractivity contribution in [2.24, 2.45) is 0 Å². The molecule has 0 unspecified atom stereocenters. The van der Waals surface area contributed by atoms with Crippen LogP contribution in [0.3, 0.4) is 0 Å². The van der Waals surface area contributed by atoms with Crippen molar-refractivity contribution in [2.45, 2.75) is 40.7 Å². The molecule has 0 atom stereocenters. The lowest BCUT2D eigenvalue weighted by atomic mass is 10.1. The van der Waals surface area contributed by atoms with Gasteiger partial charge in [0.25, 0.3) is 0 Å². The Balaban J connectivity index is 2.19. The maximum Gasteiger partial charge on any atom is 0.244 e. The number of aryl methyl sites for hydroxylation is 1. The molecule has 0 fully saturated rings. The molecule has 0 saturated heterocycles. The van der Waals surface area contributed by atoms with Crippen LogP contribution in [0.1, 0.15) is 31.9 Å². The van der Waals surface area contributed by atoms with Gasteiger partial charge in [0.05, 0.1) is 11.8 Å². The molecule has 1 N–H and O–H groups in total. The number of para-hydroxylation sites is 2. The topological polar surface area (TPSA) is 58.6 Å². The number of anilines is 2. The standard InChI is InChI=1S/C21H26N2O3/c1-14(2)26-20-12-7-6-10-18(20)22-21(25)13-23(17(5)24)19-11-8-9-15(3)16(19)4/h6-12,14H,13H2,1-5H3,(H,22,25). The molecule has 0 heterocycles. The number of hydrogen-bond donors (Lipinski definition) is 1. The van der Waals surface area contributed by atoms with E-state index < -0.39 is 0 Å². The third-order valence-electron chi connectivity index (χ3n) is 4.07. The number of benzene rings is 2. The first-order valence-electron chi connectivity index (χ1n) is 8.69. The van der Waals surface area contributed by atoms with E-state index in [0.717, 1.165) is 16.8 Å². The molecule has 2 amide bonds. The van der Waals surface area contributed by atoms with Crippen molar-refractivity contribution in [1.29, 1.82) is 0 Å². The van der Waals surface area contributed by atoms with Gasteiger partial charge in [0.15, 0.2) is 0 Å². The van der Waals surface area contributed by atoms with Crippen LogP contribution in [0.5, 0.6) is 5.75 Å². The fraction of sp³-hybridized carbons (Fsp3) is 0.333. The average molecular weight is 354 g/mol. The second-order valence-corrected chi connectivity index (χ2v) is 6.54. The predicted molar refractivity (Wildman–Crippen MR) is 105 cm³/mol. The maximum absolute atomic E-state index is 12.6. The Morgan fingerprint density at radius 3 is 2.42 bits per heavy atom. The first kappa shape index (κ1) is 19.5. The Kier molecular flexibility index (Phi) is 6.39. The molecule has 0 aromatic heterocycles. The summed E-state index contributed by atoms with van der Waals surface area (Å²) in [5, 5.41) is 2.85. The Morgan fingerprint density at radius 2 is 1.77 bits per heavy atom. The summed E-state index contributed by atoms with van der Waals surface area (Å²) in [6, 6.07) is 13.0. The van der Waals surface area contributed by atoms with Crippen LogP contribution in [0, 0.1) is 13.8 Å². The van der Waals surface area contributed by atoms with Crippen LogP contribution in [-0.2, 0) is 9.59 Å². The zero-order chi connectivity index (χ0) is 19.3. The lowest BCUT2D eigenvalue weighted by Gasteiger charge is -2.24. The zero-order valence-electron chi connectivity index (χ0n) is 16.0. The summed E-state index contributed by atoms with van der Waals surface area (Å²) >= 11 is 0. The highest BCUT2D eigenvalue weighted by molar-refractivity contribution is 6.02. The zero-order valence-corrected chi connectivity index (χ0v) is 16.0. The van der Waals surface area contributed by atoms with E-state index in [2.05, 4.69) is 5.32 Å². The Labute approximate surface area is 155 Å². The van der Waals surface area contributed by atoms with Gasteiger partial charge in [-0.05, 0) is 57.0 Å². The minimum absolute atomic E-state index is 0.00304. The molecular formula is C21H26N2O3. The smallest absolute Gasteiger partial charge is 0.244 e. The van der Waals surface area contributed by atoms with Crippen LogP contribution in [-0.4, -0.2) is 24.5 Å². The second-order valence-electron chi connectivity index (χ2n) is 6.54. The number of nitrogens with zero attached hydrogens (tertiary/aromatic N) is 1. The number of ether oxygens (including phenoxy) is 1. The first-order chi connectivity index (χ1) is 12.3. The summed E-state index contributed by atoms with van der Waals surface area (Å²) in [6.45, 7) is 9.19. The quantitative estimate of drug-likeness (QED) is 0.850. The minimum atomic E-state index is -0.277. The van der Waals surface area contributed by atoms with Crippen LogP contribution in [0.4, 0.5) is 11.4 Å². The van der Waals surface area contributed by atoms with Gasteiger partial charge < -0.3 is 15.0 Å². The summed E-state index contributed by atoms with van der Waals surface area (Å²) < 4.78 is 5.72. The highest BCUT2D eigenvalue weighted by Gasteiger charge is 2.19. The van der Waals surface area contributed by atoms with Gasteiger partial charge in [0, 0.05) is 12.6 Å². The van der Waals surface area contributed by atoms with E-state index in [9.17, 15) is 9.59 Å². The third-order valence-corrected chi connectivity index (χ3v) is 4.07. The van der Waals surface area contributed by atoms with Crippen molar-refractivity contribution >= 4 is 23.2 Å². The minimum Gasteiger partial charge on any atom is -0.489 e. The summed E-state index contributed by atoms with van der Waals surface area (Å²) in [5.74, 6) is 0.151. The van der Waals surface area contributed by atoms with Crippen molar-refractivity contribution in [3.05, 3.63) is 53.6 Å². The van der Waals surface area contributed by atoms with Crippen molar-refractivity contribution in [2.75, 3.05) is 16.8 Å². The lowest BCUT2D eigenvalue weighted by Crippen LogP contribution is -2.37. The van der Waals surface area contributed by atoms with E-state index >= 15 is 0 Å². The van der Waals surface area contributed by atoms with Gasteiger partial charge in [-0.2, -0.15) is 0 Å². The number of carbonyl (C=O) groups is 2. The molecule has 0 spiro atoms. The van der Waals surface area contributed by atoms with E-state index in [1.54, 1.807) is 6.07 Å². The van der Waals surface area contributed by atoms with Crippen LogP contribution >= 0.6 is 0 Å². The highest BCUT2D eigenvalue weighted by Crippen LogP contribution is 2.26. The van der Waals surface area contributed by atoms with E-state index in [-0.39, 0.29) is 24.5 Å². The molecule has 0 radical (unpaired) electrons. The maximum atomic E-state index is 12.6. The number of amides is 2. The average Bonchev–Trinajstić information content (AvgIpc) is 2.56. The van der Waals surface area contributed by atoms with E-state index in [1.165, 1.54) is 11.8 Å². The molecule has 2 aromatic rings. The van der Waals surface area contributed by atoms with Crippen molar-refractivity contribution < 1.29 is 14.3 Å². The van der Waals surface area contributed by atoms with E-state index in [4.69, 9.17) is 4.74 Å². The van der Waals surface area contributed by atoms with Gasteiger partial charge in [-0.25, -0.2) is 0 Å². The van der Waals surface area contributed by atoms with Gasteiger partial charge in [-0.1, -0.05) is 24.3 Å². The predicted octanol–water partition coefficient (Wildman–Crippen LogP) is 4.08. The van der Waals surface area contributed by atoms with Crippen LogP contribution in [0.2, 0.25) is 0 Å². The molecule has 26 heavy (non-hydrogen) atoms. The molecular weight excluding hydrogens is 328 g/mol. The molecule has 0 aliphatic rings. The molecule has 0 bridgehead atoms. The molecule has 0 saturated carbocycles. The molecule has 5 heteroatoms. The van der Waals surface area contributed by atoms with Gasteiger partial charge in [-0.3, -0.25) is 9.59 Å². The molecule has 0 aliphatic carbocycles. The monoisotopic (exact) mass is 354 g/mol. The SMILES string of the molecule is CC(=O)N(CC(=O)Nc1ccccc1OC(C)C)c1cccc(C)c1C. The van der Waals surface area contributed by atoms with Gasteiger partial charge in [0.2, 0.25) is 11.8 Å². The Hall–Kier alpha value is -2.82. The fourth-order valence-electron chi connectivity index (χ4n) is 2.65. The van der Waals surface area contributed by atoms with Crippen molar-refractivity contribution in [3.8, 4) is 5.75 Å². The summed E-state index contributed by atoms with van der Waals surface area (Å²) in [5.41, 5.74) is 3.40. The highest BCUT2D eigenvalue weighted by atomic mass is 16.5. The normalized spacial score (nSPS) is 10.5. The van der Waals surface area contributed by atoms with Crippen LogP contribution in [0.25, 0.3) is 0 Å². The van der Waals surface area contributed by atoms with E-state index in [1.807, 2.05) is 64.1 Å². The lowest BCUT2D eigenvalue weighted by molar-refractivity contribution is -0.120. The Bertz CT molecular complexity index is 800.